The van der Waals surface area contributed by atoms with Gasteiger partial charge in [0.2, 0.25) is 11.6 Å². The Labute approximate surface area is 138 Å². The minimum atomic E-state index is -0.477. The van der Waals surface area contributed by atoms with Crippen LogP contribution in [0, 0.1) is 0 Å². The van der Waals surface area contributed by atoms with E-state index in [0.29, 0.717) is 19.1 Å². The molecule has 124 valence electrons. The molecule has 0 radical (unpaired) electrons. The van der Waals surface area contributed by atoms with Gasteiger partial charge in [0.25, 0.3) is 5.91 Å². The molecule has 2 aromatic rings. The van der Waals surface area contributed by atoms with Crippen molar-refractivity contribution in [3.63, 3.8) is 0 Å². The van der Waals surface area contributed by atoms with Crippen molar-refractivity contribution in [2.24, 2.45) is 0 Å². The Hall–Kier alpha value is -2.83. The Morgan fingerprint density at radius 1 is 1.08 bits per heavy atom. The number of aromatic nitrogens is 2. The zero-order valence-corrected chi connectivity index (χ0v) is 13.1. The monoisotopic (exact) mass is 327 g/mol. The van der Waals surface area contributed by atoms with Crippen LogP contribution in [0.5, 0.6) is 0 Å². The molecule has 2 aliphatic rings. The summed E-state index contributed by atoms with van der Waals surface area (Å²) in [5, 5.41) is 10.4. The fourth-order valence-corrected chi connectivity index (χ4v) is 2.90. The number of anilines is 1. The Morgan fingerprint density at radius 3 is 2.79 bits per heavy atom. The highest BCUT2D eigenvalue weighted by molar-refractivity contribution is 6.00. The summed E-state index contributed by atoms with van der Waals surface area (Å²) in [6, 6.07) is 6.21. The second-order valence-electron chi connectivity index (χ2n) is 5.76. The summed E-state index contributed by atoms with van der Waals surface area (Å²) >= 11 is 0. The standard InChI is InChI=1S/C17H17N3O4/c21-15(14-10-22-7-8-23-14)18-17-20-19-16(24-17)13-6-5-11-3-1-2-4-12(11)9-13/h5-6,9-10H,1-4,7-8H2,(H,18,20,21). The zero-order valence-electron chi connectivity index (χ0n) is 13.1. The number of ether oxygens (including phenoxy) is 2. The predicted molar refractivity (Wildman–Crippen MR) is 85.0 cm³/mol. The lowest BCUT2D eigenvalue weighted by atomic mass is 9.90. The van der Waals surface area contributed by atoms with Crippen molar-refractivity contribution >= 4 is 11.9 Å². The molecule has 1 aromatic carbocycles. The summed E-state index contributed by atoms with van der Waals surface area (Å²) in [5.41, 5.74) is 3.58. The fourth-order valence-electron chi connectivity index (χ4n) is 2.90. The molecule has 0 saturated heterocycles. The number of hydrogen-bond donors (Lipinski definition) is 1. The molecule has 1 aliphatic heterocycles. The van der Waals surface area contributed by atoms with E-state index in [1.165, 1.54) is 30.2 Å². The maximum absolute atomic E-state index is 12.0. The third-order valence-corrected chi connectivity index (χ3v) is 4.11. The number of benzene rings is 1. The van der Waals surface area contributed by atoms with Gasteiger partial charge in [0.1, 0.15) is 19.5 Å². The van der Waals surface area contributed by atoms with Gasteiger partial charge in [0, 0.05) is 5.56 Å². The van der Waals surface area contributed by atoms with Crippen molar-refractivity contribution in [1.29, 1.82) is 0 Å². The summed E-state index contributed by atoms with van der Waals surface area (Å²) in [4.78, 5) is 12.0. The molecule has 1 amide bonds. The lowest BCUT2D eigenvalue weighted by Crippen LogP contribution is -2.21. The lowest BCUT2D eigenvalue weighted by Gasteiger charge is -2.15. The molecule has 7 nitrogen and oxygen atoms in total. The average Bonchev–Trinajstić information content (AvgIpc) is 3.10. The number of fused-ring (bicyclic) bond motifs is 1. The minimum absolute atomic E-state index is 0.0304. The van der Waals surface area contributed by atoms with Gasteiger partial charge < -0.3 is 13.9 Å². The first-order chi connectivity index (χ1) is 11.8. The Bertz CT molecular complexity index is 797. The maximum Gasteiger partial charge on any atom is 0.322 e. The fraction of sp³-hybridized carbons (Fsp3) is 0.353. The predicted octanol–water partition coefficient (Wildman–Crippen LogP) is 2.44. The van der Waals surface area contributed by atoms with Gasteiger partial charge in [-0.2, -0.15) is 0 Å². The van der Waals surface area contributed by atoms with Gasteiger partial charge in [0.05, 0.1) is 0 Å². The van der Waals surface area contributed by atoms with Crippen LogP contribution >= 0.6 is 0 Å². The first-order valence-electron chi connectivity index (χ1n) is 8.01. The Balaban J connectivity index is 1.50. The van der Waals surface area contributed by atoms with Crippen molar-refractivity contribution in [3.05, 3.63) is 41.3 Å². The Morgan fingerprint density at radius 2 is 1.96 bits per heavy atom. The van der Waals surface area contributed by atoms with Crippen molar-refractivity contribution < 1.29 is 18.7 Å². The van der Waals surface area contributed by atoms with E-state index < -0.39 is 5.91 Å². The van der Waals surface area contributed by atoms with Gasteiger partial charge in [-0.05, 0) is 48.9 Å². The Kier molecular flexibility index (Phi) is 3.90. The minimum Gasteiger partial charge on any atom is -0.494 e. The van der Waals surface area contributed by atoms with Crippen LogP contribution in [-0.2, 0) is 27.1 Å². The molecule has 1 N–H and O–H groups in total. The van der Waals surface area contributed by atoms with Gasteiger partial charge in [-0.1, -0.05) is 11.2 Å². The van der Waals surface area contributed by atoms with Crippen LogP contribution < -0.4 is 5.32 Å². The van der Waals surface area contributed by atoms with E-state index in [9.17, 15) is 4.79 Å². The van der Waals surface area contributed by atoms with Gasteiger partial charge in [0.15, 0.2) is 0 Å². The highest BCUT2D eigenvalue weighted by Gasteiger charge is 2.19. The molecule has 24 heavy (non-hydrogen) atoms. The van der Waals surface area contributed by atoms with Crippen molar-refractivity contribution in [2.75, 3.05) is 18.5 Å². The lowest BCUT2D eigenvalue weighted by molar-refractivity contribution is -0.117. The molecule has 0 fully saturated rings. The number of rotatable bonds is 3. The number of nitrogens with zero attached hydrogens (tertiary/aromatic N) is 2. The van der Waals surface area contributed by atoms with Gasteiger partial charge in [-0.25, -0.2) is 0 Å². The van der Waals surface area contributed by atoms with Crippen LogP contribution in [-0.4, -0.2) is 29.3 Å². The molecule has 0 atom stereocenters. The molecule has 1 aliphatic carbocycles. The normalized spacial score (nSPS) is 16.4. The van der Waals surface area contributed by atoms with E-state index in [-0.39, 0.29) is 11.8 Å². The highest BCUT2D eigenvalue weighted by atomic mass is 16.6. The van der Waals surface area contributed by atoms with E-state index in [2.05, 4.69) is 27.6 Å². The zero-order chi connectivity index (χ0) is 16.4. The molecule has 2 heterocycles. The first kappa shape index (κ1) is 14.7. The van der Waals surface area contributed by atoms with E-state index in [4.69, 9.17) is 13.9 Å². The number of carbonyl (C=O) groups is 1. The van der Waals surface area contributed by atoms with Gasteiger partial charge in [-0.15, -0.1) is 5.10 Å². The van der Waals surface area contributed by atoms with E-state index in [0.717, 1.165) is 18.4 Å². The molecular formula is C17H17N3O4. The van der Waals surface area contributed by atoms with Crippen LogP contribution in [0.1, 0.15) is 24.0 Å². The molecule has 4 rings (SSSR count). The SMILES string of the molecule is O=C(Nc1nnc(-c2ccc3c(c2)CCCC3)o1)C1=COCCO1. The maximum atomic E-state index is 12.0. The van der Waals surface area contributed by atoms with E-state index in [1.54, 1.807) is 0 Å². The molecule has 1 aromatic heterocycles. The largest absolute Gasteiger partial charge is 0.494 e. The third kappa shape index (κ3) is 2.97. The molecule has 0 saturated carbocycles. The third-order valence-electron chi connectivity index (χ3n) is 4.11. The second-order valence-corrected chi connectivity index (χ2v) is 5.76. The van der Waals surface area contributed by atoms with Crippen molar-refractivity contribution in [3.8, 4) is 11.5 Å². The first-order valence-corrected chi connectivity index (χ1v) is 8.01. The average molecular weight is 327 g/mol. The molecule has 7 heteroatoms. The number of amides is 1. The molecule has 0 bridgehead atoms. The molecule has 0 unspecified atom stereocenters. The molecular weight excluding hydrogens is 310 g/mol. The summed E-state index contributed by atoms with van der Waals surface area (Å²) in [6.07, 6.45) is 5.92. The summed E-state index contributed by atoms with van der Waals surface area (Å²) in [6.45, 7) is 0.767. The van der Waals surface area contributed by atoms with E-state index in [1.807, 2.05) is 6.07 Å². The van der Waals surface area contributed by atoms with Crippen LogP contribution in [0.4, 0.5) is 6.01 Å². The van der Waals surface area contributed by atoms with Crippen LogP contribution in [0.3, 0.4) is 0 Å². The number of aryl methyl sites for hydroxylation is 2. The van der Waals surface area contributed by atoms with E-state index >= 15 is 0 Å². The summed E-state index contributed by atoms with van der Waals surface area (Å²) in [5.74, 6) is -0.00131. The number of nitrogens with one attached hydrogen (secondary N) is 1. The van der Waals surface area contributed by atoms with Crippen LogP contribution in [0.15, 0.2) is 34.6 Å². The quantitative estimate of drug-likeness (QED) is 0.932. The van der Waals surface area contributed by atoms with Crippen LogP contribution in [0.2, 0.25) is 0 Å². The summed E-state index contributed by atoms with van der Waals surface area (Å²) < 4.78 is 15.8. The molecule has 0 spiro atoms. The second kappa shape index (κ2) is 6.35. The van der Waals surface area contributed by atoms with Crippen LogP contribution in [0.25, 0.3) is 11.5 Å². The summed E-state index contributed by atoms with van der Waals surface area (Å²) in [7, 11) is 0. The number of hydrogen-bond acceptors (Lipinski definition) is 6. The van der Waals surface area contributed by atoms with Gasteiger partial charge in [-0.3, -0.25) is 10.1 Å². The highest BCUT2D eigenvalue weighted by Crippen LogP contribution is 2.27. The van der Waals surface area contributed by atoms with Crippen molar-refractivity contribution in [1.82, 2.24) is 10.2 Å². The smallest absolute Gasteiger partial charge is 0.322 e. The van der Waals surface area contributed by atoms with Gasteiger partial charge >= 0.3 is 6.01 Å². The topological polar surface area (TPSA) is 86.5 Å². The van der Waals surface area contributed by atoms with Crippen molar-refractivity contribution in [2.45, 2.75) is 25.7 Å². The number of carbonyl (C=O) groups excluding carboxylic acids is 1.